The summed E-state index contributed by atoms with van der Waals surface area (Å²) in [5, 5.41) is 4.56. The molecule has 22 heavy (non-hydrogen) atoms. The van der Waals surface area contributed by atoms with Crippen molar-refractivity contribution >= 4 is 17.7 Å². The Labute approximate surface area is 131 Å². The molecule has 4 heterocycles. The van der Waals surface area contributed by atoms with Crippen molar-refractivity contribution in [3.63, 3.8) is 0 Å². The summed E-state index contributed by atoms with van der Waals surface area (Å²) in [5.41, 5.74) is 3.74. The van der Waals surface area contributed by atoms with Crippen LogP contribution in [-0.2, 0) is 19.5 Å². The quantitative estimate of drug-likeness (QED) is 0.706. The number of H-pyrrole nitrogens is 2. The third kappa shape index (κ3) is 2.38. The monoisotopic (exact) mass is 313 g/mol. The molecule has 0 aliphatic carbocycles. The molecule has 2 N–H and O–H groups in total. The van der Waals surface area contributed by atoms with Crippen LogP contribution in [0.1, 0.15) is 17.0 Å². The average Bonchev–Trinajstić information content (AvgIpc) is 2.90. The predicted molar refractivity (Wildman–Crippen MR) is 85.3 cm³/mol. The maximum absolute atomic E-state index is 12.0. The molecule has 0 fully saturated rings. The van der Waals surface area contributed by atoms with Gasteiger partial charge in [0.25, 0.3) is 5.56 Å². The standard InChI is InChI=1S/C15H15N5OS/c21-14-12-9-19(6-4-13(12)16-15(22)17-14)8-10-7-11-3-1-2-5-20(11)18-10/h1-3,5,7H,4,6,8-9H2,(H2,16,17,21,22). The van der Waals surface area contributed by atoms with Crippen molar-refractivity contribution in [1.82, 2.24) is 24.5 Å². The summed E-state index contributed by atoms with van der Waals surface area (Å²) in [7, 11) is 0. The number of nitrogens with zero attached hydrogens (tertiary/aromatic N) is 3. The topological polar surface area (TPSA) is 69.2 Å². The van der Waals surface area contributed by atoms with Gasteiger partial charge in [-0.15, -0.1) is 0 Å². The molecule has 0 unspecified atom stereocenters. The Hall–Kier alpha value is -2.25. The lowest BCUT2D eigenvalue weighted by Gasteiger charge is -2.26. The zero-order valence-electron chi connectivity index (χ0n) is 11.9. The van der Waals surface area contributed by atoms with Crippen LogP contribution in [-0.4, -0.2) is 31.0 Å². The fourth-order valence-electron chi connectivity index (χ4n) is 2.94. The minimum Gasteiger partial charge on any atom is -0.335 e. The normalized spacial score (nSPS) is 15.1. The van der Waals surface area contributed by atoms with Crippen molar-refractivity contribution in [2.24, 2.45) is 0 Å². The molecule has 0 amide bonds. The first-order valence-corrected chi connectivity index (χ1v) is 7.60. The molecule has 4 rings (SSSR count). The van der Waals surface area contributed by atoms with E-state index in [9.17, 15) is 4.79 Å². The van der Waals surface area contributed by atoms with Crippen molar-refractivity contribution in [3.8, 4) is 0 Å². The van der Waals surface area contributed by atoms with Gasteiger partial charge in [0.15, 0.2) is 4.77 Å². The highest BCUT2D eigenvalue weighted by Gasteiger charge is 2.20. The van der Waals surface area contributed by atoms with Gasteiger partial charge in [0.2, 0.25) is 0 Å². The van der Waals surface area contributed by atoms with E-state index in [-0.39, 0.29) is 5.56 Å². The molecule has 1 aliphatic heterocycles. The Balaban J connectivity index is 1.60. The molecule has 1 aliphatic rings. The van der Waals surface area contributed by atoms with E-state index in [1.165, 1.54) is 0 Å². The van der Waals surface area contributed by atoms with E-state index >= 15 is 0 Å². The lowest BCUT2D eigenvalue weighted by Crippen LogP contribution is -2.35. The summed E-state index contributed by atoms with van der Waals surface area (Å²) in [6, 6.07) is 8.08. The van der Waals surface area contributed by atoms with Gasteiger partial charge in [0.1, 0.15) is 0 Å². The zero-order valence-corrected chi connectivity index (χ0v) is 12.7. The lowest BCUT2D eigenvalue weighted by atomic mass is 10.1. The summed E-state index contributed by atoms with van der Waals surface area (Å²) in [5.74, 6) is 0. The summed E-state index contributed by atoms with van der Waals surface area (Å²) < 4.78 is 2.27. The number of aromatic amines is 2. The number of nitrogens with one attached hydrogen (secondary N) is 2. The Kier molecular flexibility index (Phi) is 3.16. The van der Waals surface area contributed by atoms with Crippen LogP contribution in [0.2, 0.25) is 0 Å². The molecule has 0 saturated heterocycles. The summed E-state index contributed by atoms with van der Waals surface area (Å²) in [6.45, 7) is 2.23. The van der Waals surface area contributed by atoms with Gasteiger partial charge in [-0.05, 0) is 30.4 Å². The molecular weight excluding hydrogens is 298 g/mol. The third-order valence-corrected chi connectivity index (χ3v) is 4.20. The predicted octanol–water partition coefficient (Wildman–Crippen LogP) is 1.64. The molecule has 112 valence electrons. The van der Waals surface area contributed by atoms with Crippen LogP contribution in [0.3, 0.4) is 0 Å². The van der Waals surface area contributed by atoms with Crippen LogP contribution < -0.4 is 5.56 Å². The lowest BCUT2D eigenvalue weighted by molar-refractivity contribution is 0.238. The Morgan fingerprint density at radius 3 is 3.09 bits per heavy atom. The van der Waals surface area contributed by atoms with Gasteiger partial charge in [0.05, 0.1) is 16.8 Å². The molecule has 3 aromatic rings. The number of pyridine rings is 1. The van der Waals surface area contributed by atoms with Gasteiger partial charge >= 0.3 is 0 Å². The van der Waals surface area contributed by atoms with Crippen molar-refractivity contribution < 1.29 is 0 Å². The van der Waals surface area contributed by atoms with Crippen LogP contribution in [0, 0.1) is 4.77 Å². The van der Waals surface area contributed by atoms with E-state index in [0.717, 1.165) is 42.0 Å². The molecule has 6 nitrogen and oxygen atoms in total. The van der Waals surface area contributed by atoms with Crippen LogP contribution in [0.25, 0.3) is 5.52 Å². The molecule has 0 radical (unpaired) electrons. The second-order valence-corrected chi connectivity index (χ2v) is 5.94. The van der Waals surface area contributed by atoms with Crippen molar-refractivity contribution in [2.75, 3.05) is 6.54 Å². The first-order chi connectivity index (χ1) is 10.7. The molecular formula is C15H15N5OS. The van der Waals surface area contributed by atoms with E-state index in [2.05, 4.69) is 26.0 Å². The summed E-state index contributed by atoms with van der Waals surface area (Å²) in [4.78, 5) is 20.0. The van der Waals surface area contributed by atoms with Crippen LogP contribution in [0.15, 0.2) is 35.3 Å². The van der Waals surface area contributed by atoms with E-state index in [4.69, 9.17) is 12.2 Å². The van der Waals surface area contributed by atoms with E-state index in [1.54, 1.807) is 0 Å². The fraction of sp³-hybridized carbons (Fsp3) is 0.267. The molecule has 0 aromatic carbocycles. The van der Waals surface area contributed by atoms with Crippen LogP contribution in [0.4, 0.5) is 0 Å². The number of rotatable bonds is 2. The second-order valence-electron chi connectivity index (χ2n) is 5.53. The first-order valence-electron chi connectivity index (χ1n) is 7.19. The molecule has 0 bridgehead atoms. The maximum atomic E-state index is 12.0. The number of aromatic nitrogens is 4. The minimum atomic E-state index is -0.0848. The van der Waals surface area contributed by atoms with Gasteiger partial charge in [-0.2, -0.15) is 5.10 Å². The Morgan fingerprint density at radius 2 is 2.23 bits per heavy atom. The molecule has 0 saturated carbocycles. The number of hydrogen-bond donors (Lipinski definition) is 2. The smallest absolute Gasteiger partial charge is 0.256 e. The van der Waals surface area contributed by atoms with Crippen molar-refractivity contribution in [2.45, 2.75) is 19.5 Å². The average molecular weight is 313 g/mol. The highest BCUT2D eigenvalue weighted by atomic mass is 32.1. The van der Waals surface area contributed by atoms with Gasteiger partial charge < -0.3 is 4.98 Å². The number of hydrogen-bond acceptors (Lipinski definition) is 4. The van der Waals surface area contributed by atoms with Crippen LogP contribution >= 0.6 is 12.2 Å². The minimum absolute atomic E-state index is 0.0848. The number of fused-ring (bicyclic) bond motifs is 2. The zero-order chi connectivity index (χ0) is 15.1. The fourth-order valence-corrected chi connectivity index (χ4v) is 3.16. The Bertz CT molecular complexity index is 921. The van der Waals surface area contributed by atoms with Gasteiger partial charge in [-0.3, -0.25) is 14.7 Å². The molecule has 0 atom stereocenters. The van der Waals surface area contributed by atoms with E-state index in [0.29, 0.717) is 11.3 Å². The Morgan fingerprint density at radius 1 is 1.32 bits per heavy atom. The maximum Gasteiger partial charge on any atom is 0.256 e. The highest BCUT2D eigenvalue weighted by Crippen LogP contribution is 2.16. The summed E-state index contributed by atoms with van der Waals surface area (Å²) in [6.07, 6.45) is 2.74. The SMILES string of the molecule is O=c1[nH]c(=S)[nH]c2c1CN(Cc1cc3ccccn3n1)CC2. The van der Waals surface area contributed by atoms with Crippen LogP contribution in [0.5, 0.6) is 0 Å². The highest BCUT2D eigenvalue weighted by molar-refractivity contribution is 7.71. The summed E-state index contributed by atoms with van der Waals surface area (Å²) >= 11 is 5.02. The third-order valence-electron chi connectivity index (χ3n) is 4.00. The largest absolute Gasteiger partial charge is 0.335 e. The van der Waals surface area contributed by atoms with Gasteiger partial charge in [-0.1, -0.05) is 6.07 Å². The molecule has 3 aromatic heterocycles. The van der Waals surface area contributed by atoms with Crippen molar-refractivity contribution in [3.05, 3.63) is 62.5 Å². The van der Waals surface area contributed by atoms with Crippen molar-refractivity contribution in [1.29, 1.82) is 0 Å². The first kappa shape index (κ1) is 13.4. The van der Waals surface area contributed by atoms with Gasteiger partial charge in [-0.25, -0.2) is 4.52 Å². The van der Waals surface area contributed by atoms with E-state index < -0.39 is 0 Å². The second kappa shape index (κ2) is 5.19. The van der Waals surface area contributed by atoms with E-state index in [1.807, 2.05) is 28.9 Å². The molecule has 0 spiro atoms. The molecule has 7 heteroatoms. The van der Waals surface area contributed by atoms with Gasteiger partial charge in [0, 0.05) is 37.9 Å².